The summed E-state index contributed by atoms with van der Waals surface area (Å²) in [7, 11) is 0. The third kappa shape index (κ3) is 4.06. The Morgan fingerprint density at radius 2 is 1.82 bits per heavy atom. The number of benzene rings is 1. The molecule has 0 saturated heterocycles. The molecule has 92 valence electrons. The van der Waals surface area contributed by atoms with Crippen LogP contribution in [0.1, 0.15) is 16.7 Å². The van der Waals surface area contributed by atoms with Gasteiger partial charge < -0.3 is 15.2 Å². The van der Waals surface area contributed by atoms with Crippen LogP contribution in [0, 0.1) is 25.2 Å². The molecule has 0 aliphatic heterocycles. The van der Waals surface area contributed by atoms with Crippen LogP contribution in [0.5, 0.6) is 5.75 Å². The second kappa shape index (κ2) is 6.89. The van der Waals surface area contributed by atoms with Crippen LogP contribution < -0.4 is 10.5 Å². The number of ether oxygens (including phenoxy) is 2. The predicted octanol–water partition coefficient (Wildman–Crippen LogP) is 1.53. The monoisotopic (exact) mass is 234 g/mol. The zero-order chi connectivity index (χ0) is 12.7. The van der Waals surface area contributed by atoms with Crippen LogP contribution in [0.3, 0.4) is 0 Å². The van der Waals surface area contributed by atoms with Crippen molar-refractivity contribution in [1.82, 2.24) is 0 Å². The molecule has 1 aromatic carbocycles. The zero-order valence-corrected chi connectivity index (χ0v) is 10.3. The molecular weight excluding hydrogens is 216 g/mol. The van der Waals surface area contributed by atoms with Crippen LogP contribution in [0.25, 0.3) is 0 Å². The Labute approximate surface area is 102 Å². The molecule has 4 nitrogen and oxygen atoms in total. The summed E-state index contributed by atoms with van der Waals surface area (Å²) in [5.41, 5.74) is 7.91. The van der Waals surface area contributed by atoms with Gasteiger partial charge in [0, 0.05) is 6.54 Å². The van der Waals surface area contributed by atoms with Gasteiger partial charge in [-0.3, -0.25) is 0 Å². The molecular formula is C13H18N2O2. The Bertz CT molecular complexity index is 387. The number of hydrogen-bond donors (Lipinski definition) is 1. The van der Waals surface area contributed by atoms with Gasteiger partial charge in [-0.25, -0.2) is 0 Å². The highest BCUT2D eigenvalue weighted by molar-refractivity contribution is 5.47. The average Bonchev–Trinajstić information content (AvgIpc) is 2.31. The molecule has 0 aromatic heterocycles. The molecule has 0 aliphatic carbocycles. The summed E-state index contributed by atoms with van der Waals surface area (Å²) in [6.07, 6.45) is 0. The molecule has 0 amide bonds. The standard InChI is InChI=1S/C13H18N2O2/c1-10-7-12(9-15)8-11(2)13(10)17-6-5-16-4-3-14/h7-8H,3-6,14H2,1-2H3. The molecule has 2 N–H and O–H groups in total. The Kier molecular flexibility index (Phi) is 5.47. The Hall–Kier alpha value is -1.57. The minimum Gasteiger partial charge on any atom is -0.491 e. The Morgan fingerprint density at radius 3 is 2.35 bits per heavy atom. The number of nitrogens with zero attached hydrogens (tertiary/aromatic N) is 1. The van der Waals surface area contributed by atoms with Gasteiger partial charge in [-0.1, -0.05) is 0 Å². The fourth-order valence-electron chi connectivity index (χ4n) is 1.63. The molecule has 0 atom stereocenters. The van der Waals surface area contributed by atoms with Gasteiger partial charge in [-0.05, 0) is 37.1 Å². The first-order chi connectivity index (χ1) is 8.19. The Balaban J connectivity index is 2.57. The minimum atomic E-state index is 0.494. The lowest BCUT2D eigenvalue weighted by Crippen LogP contribution is -2.13. The maximum absolute atomic E-state index is 8.83. The van der Waals surface area contributed by atoms with E-state index in [0.717, 1.165) is 16.9 Å². The van der Waals surface area contributed by atoms with E-state index in [4.69, 9.17) is 20.5 Å². The summed E-state index contributed by atoms with van der Waals surface area (Å²) in [6, 6.07) is 5.77. The maximum atomic E-state index is 8.83. The molecule has 0 saturated carbocycles. The smallest absolute Gasteiger partial charge is 0.125 e. The van der Waals surface area contributed by atoms with Crippen molar-refractivity contribution < 1.29 is 9.47 Å². The van der Waals surface area contributed by atoms with Gasteiger partial charge in [-0.15, -0.1) is 0 Å². The van der Waals surface area contributed by atoms with Gasteiger partial charge in [-0.2, -0.15) is 5.26 Å². The highest BCUT2D eigenvalue weighted by atomic mass is 16.5. The highest BCUT2D eigenvalue weighted by Crippen LogP contribution is 2.24. The summed E-state index contributed by atoms with van der Waals surface area (Å²) in [6.45, 7) is 5.96. The van der Waals surface area contributed by atoms with Crippen LogP contribution in [0.2, 0.25) is 0 Å². The van der Waals surface area contributed by atoms with Gasteiger partial charge in [0.25, 0.3) is 0 Å². The molecule has 0 radical (unpaired) electrons. The van der Waals surface area contributed by atoms with Gasteiger partial charge in [0.15, 0.2) is 0 Å². The summed E-state index contributed by atoms with van der Waals surface area (Å²) in [5.74, 6) is 0.834. The van der Waals surface area contributed by atoms with E-state index in [9.17, 15) is 0 Å². The van der Waals surface area contributed by atoms with Gasteiger partial charge in [0.2, 0.25) is 0 Å². The summed E-state index contributed by atoms with van der Waals surface area (Å²) in [5, 5.41) is 8.83. The quantitative estimate of drug-likeness (QED) is 0.758. The third-order valence-electron chi connectivity index (χ3n) is 2.33. The summed E-state index contributed by atoms with van der Waals surface area (Å²) < 4.78 is 10.9. The van der Waals surface area contributed by atoms with E-state index in [0.29, 0.717) is 31.9 Å². The number of nitrogens with two attached hydrogens (primary N) is 1. The molecule has 0 aliphatic rings. The van der Waals surface area contributed by atoms with Crippen LogP contribution in [0.15, 0.2) is 12.1 Å². The number of rotatable bonds is 6. The second-order valence-electron chi connectivity index (χ2n) is 3.80. The van der Waals surface area contributed by atoms with Crippen molar-refractivity contribution in [3.8, 4) is 11.8 Å². The van der Waals surface area contributed by atoms with E-state index in [1.807, 2.05) is 26.0 Å². The molecule has 0 bridgehead atoms. The van der Waals surface area contributed by atoms with Crippen molar-refractivity contribution >= 4 is 0 Å². The van der Waals surface area contributed by atoms with Crippen LogP contribution in [-0.2, 0) is 4.74 Å². The molecule has 1 rings (SSSR count). The average molecular weight is 234 g/mol. The predicted molar refractivity (Wildman–Crippen MR) is 66.0 cm³/mol. The van der Waals surface area contributed by atoms with Crippen LogP contribution in [-0.4, -0.2) is 26.4 Å². The first-order valence-corrected chi connectivity index (χ1v) is 5.61. The van der Waals surface area contributed by atoms with E-state index in [1.54, 1.807) is 0 Å². The highest BCUT2D eigenvalue weighted by Gasteiger charge is 2.06. The topological polar surface area (TPSA) is 68.3 Å². The van der Waals surface area contributed by atoms with E-state index < -0.39 is 0 Å². The zero-order valence-electron chi connectivity index (χ0n) is 10.3. The summed E-state index contributed by atoms with van der Waals surface area (Å²) in [4.78, 5) is 0. The molecule has 0 heterocycles. The molecule has 1 aromatic rings. The van der Waals surface area contributed by atoms with Gasteiger partial charge >= 0.3 is 0 Å². The molecule has 0 spiro atoms. The molecule has 17 heavy (non-hydrogen) atoms. The molecule has 0 fully saturated rings. The SMILES string of the molecule is Cc1cc(C#N)cc(C)c1OCCOCCN. The van der Waals surface area contributed by atoms with E-state index in [1.165, 1.54) is 0 Å². The second-order valence-corrected chi connectivity index (χ2v) is 3.80. The van der Waals surface area contributed by atoms with E-state index in [-0.39, 0.29) is 0 Å². The fourth-order valence-corrected chi connectivity index (χ4v) is 1.63. The van der Waals surface area contributed by atoms with Gasteiger partial charge in [0.1, 0.15) is 12.4 Å². The Morgan fingerprint density at radius 1 is 1.18 bits per heavy atom. The lowest BCUT2D eigenvalue weighted by atomic mass is 10.1. The van der Waals surface area contributed by atoms with Crippen molar-refractivity contribution in [2.24, 2.45) is 5.73 Å². The van der Waals surface area contributed by atoms with Crippen molar-refractivity contribution in [2.45, 2.75) is 13.8 Å². The van der Waals surface area contributed by atoms with Crippen molar-refractivity contribution in [3.63, 3.8) is 0 Å². The van der Waals surface area contributed by atoms with Crippen LogP contribution >= 0.6 is 0 Å². The first-order valence-electron chi connectivity index (χ1n) is 5.61. The minimum absolute atomic E-state index is 0.494. The third-order valence-corrected chi connectivity index (χ3v) is 2.33. The first kappa shape index (κ1) is 13.5. The van der Waals surface area contributed by atoms with Crippen molar-refractivity contribution in [2.75, 3.05) is 26.4 Å². The van der Waals surface area contributed by atoms with Gasteiger partial charge in [0.05, 0.1) is 24.8 Å². The van der Waals surface area contributed by atoms with Crippen LogP contribution in [0.4, 0.5) is 0 Å². The summed E-state index contributed by atoms with van der Waals surface area (Å²) >= 11 is 0. The van der Waals surface area contributed by atoms with Crippen molar-refractivity contribution in [1.29, 1.82) is 5.26 Å². The number of hydrogen-bond acceptors (Lipinski definition) is 4. The fraction of sp³-hybridized carbons (Fsp3) is 0.462. The van der Waals surface area contributed by atoms with Crippen molar-refractivity contribution in [3.05, 3.63) is 28.8 Å². The van der Waals surface area contributed by atoms with E-state index in [2.05, 4.69) is 6.07 Å². The lowest BCUT2D eigenvalue weighted by Gasteiger charge is -2.12. The molecule has 4 heteroatoms. The lowest BCUT2D eigenvalue weighted by molar-refractivity contribution is 0.105. The largest absolute Gasteiger partial charge is 0.491 e. The van der Waals surface area contributed by atoms with E-state index >= 15 is 0 Å². The number of nitriles is 1. The maximum Gasteiger partial charge on any atom is 0.125 e. The molecule has 0 unspecified atom stereocenters. The normalized spacial score (nSPS) is 10.0. The number of aryl methyl sites for hydroxylation is 2.